The highest BCUT2D eigenvalue weighted by Crippen LogP contribution is 2.17. The number of hydrogen-bond acceptors (Lipinski definition) is 2. The summed E-state index contributed by atoms with van der Waals surface area (Å²) in [5, 5.41) is 7.11. The van der Waals surface area contributed by atoms with E-state index in [1.165, 1.54) is 45.1 Å². The van der Waals surface area contributed by atoms with Crippen LogP contribution in [0.25, 0.3) is 0 Å². The Hall–Kier alpha value is -0.0800. The summed E-state index contributed by atoms with van der Waals surface area (Å²) in [6.45, 7) is 6.71. The van der Waals surface area contributed by atoms with Crippen LogP contribution in [0.4, 0.5) is 0 Å². The minimum absolute atomic E-state index is 0.663. The Labute approximate surface area is 88.8 Å². The number of hydrogen-bond donors (Lipinski definition) is 2. The summed E-state index contributed by atoms with van der Waals surface area (Å²) >= 11 is 0. The van der Waals surface area contributed by atoms with E-state index < -0.39 is 0 Å². The van der Waals surface area contributed by atoms with Crippen LogP contribution in [-0.4, -0.2) is 25.2 Å². The largest absolute Gasteiger partial charge is 0.314 e. The molecule has 1 aliphatic rings. The molecule has 0 aliphatic heterocycles. The predicted molar refractivity (Wildman–Crippen MR) is 62.6 cm³/mol. The monoisotopic (exact) mass is 198 g/mol. The predicted octanol–water partition coefficient (Wildman–Crippen LogP) is 2.30. The van der Waals surface area contributed by atoms with Gasteiger partial charge in [0.1, 0.15) is 0 Å². The van der Waals surface area contributed by atoms with Gasteiger partial charge in [0.2, 0.25) is 0 Å². The molecule has 1 rings (SSSR count). The van der Waals surface area contributed by atoms with Gasteiger partial charge in [-0.25, -0.2) is 0 Å². The van der Waals surface area contributed by atoms with Crippen molar-refractivity contribution >= 4 is 0 Å². The Morgan fingerprint density at radius 1 is 1.21 bits per heavy atom. The van der Waals surface area contributed by atoms with Crippen molar-refractivity contribution in [1.29, 1.82) is 0 Å². The molecule has 2 nitrogen and oxygen atoms in total. The van der Waals surface area contributed by atoms with E-state index >= 15 is 0 Å². The molecule has 1 aliphatic carbocycles. The van der Waals surface area contributed by atoms with Gasteiger partial charge in [0, 0.05) is 12.1 Å². The average Bonchev–Trinajstić information content (AvgIpc) is 2.20. The molecule has 0 spiro atoms. The highest BCUT2D eigenvalue weighted by Gasteiger charge is 2.12. The summed E-state index contributed by atoms with van der Waals surface area (Å²) in [5.74, 6) is 0. The van der Waals surface area contributed by atoms with Crippen LogP contribution < -0.4 is 10.6 Å². The lowest BCUT2D eigenvalue weighted by Crippen LogP contribution is -2.35. The standard InChI is InChI=1S/C12H26N2/c1-3-13-11(2)9-10-14-12-7-5-4-6-8-12/h11-14H,3-10H2,1-2H3. The Morgan fingerprint density at radius 3 is 2.57 bits per heavy atom. The summed E-state index contributed by atoms with van der Waals surface area (Å²) in [6, 6.07) is 1.48. The van der Waals surface area contributed by atoms with Gasteiger partial charge in [-0.2, -0.15) is 0 Å². The van der Waals surface area contributed by atoms with Gasteiger partial charge in [-0.05, 0) is 39.3 Å². The van der Waals surface area contributed by atoms with Gasteiger partial charge in [-0.3, -0.25) is 0 Å². The van der Waals surface area contributed by atoms with Gasteiger partial charge < -0.3 is 10.6 Å². The summed E-state index contributed by atoms with van der Waals surface area (Å²) < 4.78 is 0. The fourth-order valence-electron chi connectivity index (χ4n) is 2.26. The maximum Gasteiger partial charge on any atom is 0.00670 e. The van der Waals surface area contributed by atoms with E-state index in [0.29, 0.717) is 6.04 Å². The molecule has 0 bridgehead atoms. The summed E-state index contributed by atoms with van der Waals surface area (Å²) in [4.78, 5) is 0. The third-order valence-corrected chi connectivity index (χ3v) is 3.17. The Balaban J connectivity index is 1.96. The molecule has 0 radical (unpaired) electrons. The van der Waals surface area contributed by atoms with Gasteiger partial charge in [0.05, 0.1) is 0 Å². The smallest absolute Gasteiger partial charge is 0.00670 e. The lowest BCUT2D eigenvalue weighted by atomic mass is 9.95. The van der Waals surface area contributed by atoms with Crippen LogP contribution in [0.5, 0.6) is 0 Å². The summed E-state index contributed by atoms with van der Waals surface area (Å²) in [6.07, 6.45) is 8.36. The SMILES string of the molecule is CCNC(C)CCNC1CCCCC1. The second kappa shape index (κ2) is 7.24. The molecular weight excluding hydrogens is 172 g/mol. The summed E-state index contributed by atoms with van der Waals surface area (Å²) in [7, 11) is 0. The molecule has 14 heavy (non-hydrogen) atoms. The molecule has 1 unspecified atom stereocenters. The van der Waals surface area contributed by atoms with Crippen LogP contribution >= 0.6 is 0 Å². The third kappa shape index (κ3) is 4.97. The molecule has 1 saturated carbocycles. The van der Waals surface area contributed by atoms with E-state index in [-0.39, 0.29) is 0 Å². The second-order valence-corrected chi connectivity index (χ2v) is 4.54. The van der Waals surface area contributed by atoms with Crippen molar-refractivity contribution < 1.29 is 0 Å². The fourth-order valence-corrected chi connectivity index (χ4v) is 2.26. The first-order valence-corrected chi connectivity index (χ1v) is 6.29. The van der Waals surface area contributed by atoms with Gasteiger partial charge in [-0.15, -0.1) is 0 Å². The van der Waals surface area contributed by atoms with Crippen LogP contribution in [0, 0.1) is 0 Å². The zero-order chi connectivity index (χ0) is 10.2. The van der Waals surface area contributed by atoms with Gasteiger partial charge >= 0.3 is 0 Å². The Kier molecular flexibility index (Phi) is 6.20. The van der Waals surface area contributed by atoms with Crippen molar-refractivity contribution in [2.75, 3.05) is 13.1 Å². The maximum atomic E-state index is 3.67. The number of rotatable bonds is 6. The first-order chi connectivity index (χ1) is 6.83. The molecular formula is C12H26N2. The average molecular weight is 198 g/mol. The van der Waals surface area contributed by atoms with Crippen molar-refractivity contribution in [1.82, 2.24) is 10.6 Å². The van der Waals surface area contributed by atoms with Crippen LogP contribution in [0.3, 0.4) is 0 Å². The van der Waals surface area contributed by atoms with Gasteiger partial charge in [0.15, 0.2) is 0 Å². The molecule has 0 aromatic heterocycles. The molecule has 2 heteroatoms. The molecule has 84 valence electrons. The van der Waals surface area contributed by atoms with E-state index in [0.717, 1.165) is 12.6 Å². The van der Waals surface area contributed by atoms with Crippen molar-refractivity contribution in [2.45, 2.75) is 64.5 Å². The molecule has 0 heterocycles. The van der Waals surface area contributed by atoms with Crippen LogP contribution in [-0.2, 0) is 0 Å². The molecule has 1 atom stereocenters. The van der Waals surface area contributed by atoms with Gasteiger partial charge in [-0.1, -0.05) is 26.2 Å². The van der Waals surface area contributed by atoms with Crippen molar-refractivity contribution in [2.24, 2.45) is 0 Å². The maximum absolute atomic E-state index is 3.67. The van der Waals surface area contributed by atoms with Crippen LogP contribution in [0.2, 0.25) is 0 Å². The Morgan fingerprint density at radius 2 is 1.93 bits per heavy atom. The first-order valence-electron chi connectivity index (χ1n) is 6.29. The van der Waals surface area contributed by atoms with E-state index in [1.54, 1.807) is 0 Å². The number of nitrogens with one attached hydrogen (secondary N) is 2. The molecule has 0 saturated heterocycles. The molecule has 1 fully saturated rings. The normalized spacial score (nSPS) is 21.0. The quantitative estimate of drug-likeness (QED) is 0.684. The highest BCUT2D eigenvalue weighted by atomic mass is 14.9. The zero-order valence-corrected chi connectivity index (χ0v) is 9.81. The van der Waals surface area contributed by atoms with E-state index in [9.17, 15) is 0 Å². The fraction of sp³-hybridized carbons (Fsp3) is 1.00. The Bertz CT molecular complexity index is 130. The first kappa shape index (κ1) is 12.0. The van der Waals surface area contributed by atoms with Crippen molar-refractivity contribution in [3.8, 4) is 0 Å². The van der Waals surface area contributed by atoms with Crippen molar-refractivity contribution in [3.05, 3.63) is 0 Å². The second-order valence-electron chi connectivity index (χ2n) is 4.54. The molecule has 0 aromatic carbocycles. The molecule has 0 amide bonds. The third-order valence-electron chi connectivity index (χ3n) is 3.17. The lowest BCUT2D eigenvalue weighted by molar-refractivity contribution is 0.363. The minimum Gasteiger partial charge on any atom is -0.314 e. The zero-order valence-electron chi connectivity index (χ0n) is 9.81. The topological polar surface area (TPSA) is 24.1 Å². The van der Waals surface area contributed by atoms with Crippen molar-refractivity contribution in [3.63, 3.8) is 0 Å². The minimum atomic E-state index is 0.663. The van der Waals surface area contributed by atoms with E-state index in [1.807, 2.05) is 0 Å². The molecule has 2 N–H and O–H groups in total. The van der Waals surface area contributed by atoms with Gasteiger partial charge in [0.25, 0.3) is 0 Å². The highest BCUT2D eigenvalue weighted by molar-refractivity contribution is 4.72. The van der Waals surface area contributed by atoms with E-state index in [2.05, 4.69) is 24.5 Å². The van der Waals surface area contributed by atoms with Crippen LogP contribution in [0.1, 0.15) is 52.4 Å². The lowest BCUT2D eigenvalue weighted by Gasteiger charge is -2.23. The van der Waals surface area contributed by atoms with E-state index in [4.69, 9.17) is 0 Å². The van der Waals surface area contributed by atoms with Crippen LogP contribution in [0.15, 0.2) is 0 Å². The summed E-state index contributed by atoms with van der Waals surface area (Å²) in [5.41, 5.74) is 0. The molecule has 0 aromatic rings.